The number of rotatable bonds is 10. The lowest BCUT2D eigenvalue weighted by molar-refractivity contribution is 0.0532. The molecule has 114 valence electrons. The van der Waals surface area contributed by atoms with Crippen molar-refractivity contribution in [3.8, 4) is 11.5 Å². The number of hydrogen-bond acceptors (Lipinski definition) is 6. The van der Waals surface area contributed by atoms with Crippen molar-refractivity contribution < 1.29 is 24.4 Å². The van der Waals surface area contributed by atoms with Crippen LogP contribution in [0, 0.1) is 0 Å². The van der Waals surface area contributed by atoms with E-state index in [4.69, 9.17) is 19.3 Å². The van der Waals surface area contributed by atoms with Gasteiger partial charge < -0.3 is 29.7 Å². The molecule has 0 bridgehead atoms. The van der Waals surface area contributed by atoms with Crippen LogP contribution >= 0.6 is 0 Å². The zero-order chi connectivity index (χ0) is 14.8. The van der Waals surface area contributed by atoms with Crippen molar-refractivity contribution >= 4 is 0 Å². The highest BCUT2D eigenvalue weighted by Crippen LogP contribution is 2.25. The average molecular weight is 285 g/mol. The van der Waals surface area contributed by atoms with E-state index < -0.39 is 6.10 Å². The third kappa shape index (κ3) is 5.75. The van der Waals surface area contributed by atoms with Crippen LogP contribution in [0.2, 0.25) is 0 Å². The van der Waals surface area contributed by atoms with Crippen molar-refractivity contribution in [3.05, 3.63) is 23.8 Å². The fraction of sp³-hybridized carbons (Fsp3) is 0.571. The van der Waals surface area contributed by atoms with Crippen molar-refractivity contribution in [2.45, 2.75) is 12.6 Å². The van der Waals surface area contributed by atoms with E-state index in [0.29, 0.717) is 24.7 Å². The van der Waals surface area contributed by atoms with Crippen molar-refractivity contribution in [2.24, 2.45) is 0 Å². The van der Waals surface area contributed by atoms with Gasteiger partial charge in [-0.25, -0.2) is 0 Å². The molecule has 0 spiro atoms. The van der Waals surface area contributed by atoms with E-state index in [0.717, 1.165) is 12.1 Å². The van der Waals surface area contributed by atoms with Gasteiger partial charge in [0.1, 0.15) is 24.2 Å². The molecule has 3 N–H and O–H groups in total. The highest BCUT2D eigenvalue weighted by atomic mass is 16.5. The van der Waals surface area contributed by atoms with E-state index in [2.05, 4.69) is 5.32 Å². The van der Waals surface area contributed by atoms with Crippen LogP contribution in [0.1, 0.15) is 5.56 Å². The third-order valence-corrected chi connectivity index (χ3v) is 2.71. The van der Waals surface area contributed by atoms with E-state index in [-0.39, 0.29) is 13.2 Å². The minimum absolute atomic E-state index is 0.0364. The molecule has 1 aromatic carbocycles. The summed E-state index contributed by atoms with van der Waals surface area (Å²) in [6, 6.07) is 5.51. The van der Waals surface area contributed by atoms with Gasteiger partial charge in [0.15, 0.2) is 0 Å². The number of ether oxygens (including phenoxy) is 3. The summed E-state index contributed by atoms with van der Waals surface area (Å²) < 4.78 is 15.6. The Morgan fingerprint density at radius 1 is 1.30 bits per heavy atom. The van der Waals surface area contributed by atoms with Crippen LogP contribution in [-0.2, 0) is 11.3 Å². The van der Waals surface area contributed by atoms with Gasteiger partial charge in [-0.1, -0.05) is 6.07 Å². The summed E-state index contributed by atoms with van der Waals surface area (Å²) in [4.78, 5) is 0. The summed E-state index contributed by atoms with van der Waals surface area (Å²) in [7, 11) is 3.23. The standard InChI is InChI=1S/C14H23NO5/c1-18-6-5-15-8-11-3-4-13(19-2)7-14(11)20-10-12(17)9-16/h3-4,7,12,15-17H,5-6,8-10H2,1-2H3. The molecule has 0 aliphatic carbocycles. The second-order valence-corrected chi connectivity index (χ2v) is 4.29. The lowest BCUT2D eigenvalue weighted by Gasteiger charge is -2.15. The summed E-state index contributed by atoms with van der Waals surface area (Å²) in [5, 5.41) is 21.4. The van der Waals surface area contributed by atoms with Crippen LogP contribution in [0.15, 0.2) is 18.2 Å². The zero-order valence-corrected chi connectivity index (χ0v) is 12.0. The molecular formula is C14H23NO5. The molecule has 0 fully saturated rings. The molecule has 0 amide bonds. The Bertz CT molecular complexity index is 386. The minimum atomic E-state index is -0.893. The number of methoxy groups -OCH3 is 2. The van der Waals surface area contributed by atoms with Crippen molar-refractivity contribution in [1.29, 1.82) is 0 Å². The summed E-state index contributed by atoms with van der Waals surface area (Å²) in [5.41, 5.74) is 0.951. The van der Waals surface area contributed by atoms with Crippen molar-refractivity contribution in [1.82, 2.24) is 5.32 Å². The first-order valence-electron chi connectivity index (χ1n) is 6.49. The monoisotopic (exact) mass is 285 g/mol. The molecule has 0 saturated heterocycles. The maximum atomic E-state index is 9.34. The molecule has 0 radical (unpaired) electrons. The van der Waals surface area contributed by atoms with E-state index in [1.807, 2.05) is 12.1 Å². The summed E-state index contributed by atoms with van der Waals surface area (Å²) >= 11 is 0. The molecule has 20 heavy (non-hydrogen) atoms. The lowest BCUT2D eigenvalue weighted by atomic mass is 10.2. The molecule has 1 unspecified atom stereocenters. The molecule has 0 saturated carbocycles. The van der Waals surface area contributed by atoms with Crippen LogP contribution in [0.3, 0.4) is 0 Å². The smallest absolute Gasteiger partial charge is 0.127 e. The number of aliphatic hydroxyl groups is 2. The van der Waals surface area contributed by atoms with Gasteiger partial charge in [-0.3, -0.25) is 0 Å². The summed E-state index contributed by atoms with van der Waals surface area (Å²) in [6.07, 6.45) is -0.893. The van der Waals surface area contributed by atoms with Crippen LogP contribution in [-0.4, -0.2) is 56.9 Å². The summed E-state index contributed by atoms with van der Waals surface area (Å²) in [5.74, 6) is 1.31. The molecule has 0 aromatic heterocycles. The number of hydrogen-bond donors (Lipinski definition) is 3. The average Bonchev–Trinajstić information content (AvgIpc) is 2.49. The largest absolute Gasteiger partial charge is 0.497 e. The van der Waals surface area contributed by atoms with E-state index >= 15 is 0 Å². The van der Waals surface area contributed by atoms with Gasteiger partial charge in [0.25, 0.3) is 0 Å². The predicted octanol–water partition coefficient (Wildman–Crippen LogP) is 0.163. The number of benzene rings is 1. The molecule has 0 aliphatic heterocycles. The fourth-order valence-electron chi connectivity index (χ4n) is 1.58. The first kappa shape index (κ1) is 16.7. The van der Waals surface area contributed by atoms with Crippen LogP contribution in [0.4, 0.5) is 0 Å². The van der Waals surface area contributed by atoms with Crippen molar-refractivity contribution in [2.75, 3.05) is 40.6 Å². The Morgan fingerprint density at radius 3 is 2.75 bits per heavy atom. The molecule has 0 aliphatic rings. The predicted molar refractivity (Wildman–Crippen MR) is 75.2 cm³/mol. The summed E-state index contributed by atoms with van der Waals surface area (Å²) in [6.45, 7) is 1.70. The molecule has 6 heteroatoms. The lowest BCUT2D eigenvalue weighted by Crippen LogP contribution is -2.23. The van der Waals surface area contributed by atoms with E-state index in [1.165, 1.54) is 0 Å². The second kappa shape index (κ2) is 9.55. The topological polar surface area (TPSA) is 80.2 Å². The Labute approximate surface area is 119 Å². The van der Waals surface area contributed by atoms with E-state index in [1.54, 1.807) is 20.3 Å². The van der Waals surface area contributed by atoms with Gasteiger partial charge in [-0.05, 0) is 6.07 Å². The molecular weight excluding hydrogens is 262 g/mol. The van der Waals surface area contributed by atoms with Gasteiger partial charge >= 0.3 is 0 Å². The Morgan fingerprint density at radius 2 is 2.10 bits per heavy atom. The van der Waals surface area contributed by atoms with Gasteiger partial charge in [0.2, 0.25) is 0 Å². The number of aliphatic hydroxyl groups excluding tert-OH is 2. The van der Waals surface area contributed by atoms with Gasteiger partial charge in [-0.2, -0.15) is 0 Å². The third-order valence-electron chi connectivity index (χ3n) is 2.71. The Hall–Kier alpha value is -1.34. The first-order chi connectivity index (χ1) is 9.71. The van der Waals surface area contributed by atoms with Gasteiger partial charge in [-0.15, -0.1) is 0 Å². The Balaban J connectivity index is 2.65. The highest BCUT2D eigenvalue weighted by molar-refractivity contribution is 5.40. The molecule has 1 aromatic rings. The normalized spacial score (nSPS) is 12.2. The van der Waals surface area contributed by atoms with Gasteiger partial charge in [0, 0.05) is 31.8 Å². The van der Waals surface area contributed by atoms with Crippen molar-refractivity contribution in [3.63, 3.8) is 0 Å². The van der Waals surface area contributed by atoms with Gasteiger partial charge in [0.05, 0.1) is 20.3 Å². The van der Waals surface area contributed by atoms with Crippen LogP contribution < -0.4 is 14.8 Å². The maximum absolute atomic E-state index is 9.34. The van der Waals surface area contributed by atoms with Crippen LogP contribution in [0.25, 0.3) is 0 Å². The minimum Gasteiger partial charge on any atom is -0.497 e. The van der Waals surface area contributed by atoms with Crippen LogP contribution in [0.5, 0.6) is 11.5 Å². The molecule has 0 heterocycles. The molecule has 6 nitrogen and oxygen atoms in total. The first-order valence-corrected chi connectivity index (χ1v) is 6.49. The zero-order valence-electron chi connectivity index (χ0n) is 12.0. The number of nitrogens with one attached hydrogen (secondary N) is 1. The van der Waals surface area contributed by atoms with E-state index in [9.17, 15) is 5.11 Å². The fourth-order valence-corrected chi connectivity index (χ4v) is 1.58. The quantitative estimate of drug-likeness (QED) is 0.532. The highest BCUT2D eigenvalue weighted by Gasteiger charge is 2.09. The SMILES string of the molecule is COCCNCc1ccc(OC)cc1OCC(O)CO. The second-order valence-electron chi connectivity index (χ2n) is 4.29. The molecule has 1 rings (SSSR count). The molecule has 1 atom stereocenters. The Kier molecular flexibility index (Phi) is 7.98. The maximum Gasteiger partial charge on any atom is 0.127 e.